The number of alkyl halides is 2. The number of hydrogen-bond acceptors (Lipinski definition) is 6. The van der Waals surface area contributed by atoms with E-state index in [0.29, 0.717) is 29.6 Å². The fraction of sp³-hybridized carbons (Fsp3) is 0.385. The molecule has 1 aromatic heterocycles. The first-order valence-corrected chi connectivity index (χ1v) is 11.8. The van der Waals surface area contributed by atoms with E-state index in [0.717, 1.165) is 11.1 Å². The first kappa shape index (κ1) is 26.0. The molecule has 1 unspecified atom stereocenters. The summed E-state index contributed by atoms with van der Waals surface area (Å²) in [5.41, 5.74) is 9.00. The number of aromatic nitrogens is 2. The Kier molecular flexibility index (Phi) is 8.68. The molecule has 1 aliphatic heterocycles. The molecule has 2 aromatic carbocycles. The van der Waals surface area contributed by atoms with Gasteiger partial charge in [0.25, 0.3) is 5.91 Å². The fourth-order valence-electron chi connectivity index (χ4n) is 4.13. The molecule has 1 aliphatic rings. The number of halogens is 2. The first-order valence-electron chi connectivity index (χ1n) is 11.8. The van der Waals surface area contributed by atoms with Crippen LogP contribution in [0.2, 0.25) is 0 Å². The number of amides is 1. The number of rotatable bonds is 7. The van der Waals surface area contributed by atoms with Crippen molar-refractivity contribution in [2.75, 3.05) is 12.3 Å². The van der Waals surface area contributed by atoms with Gasteiger partial charge in [0.2, 0.25) is 12.4 Å². The van der Waals surface area contributed by atoms with Crippen LogP contribution in [0.1, 0.15) is 66.7 Å². The Morgan fingerprint density at radius 2 is 1.71 bits per heavy atom. The third kappa shape index (κ3) is 5.90. The number of nitrogens with zero attached hydrogens (tertiary/aromatic N) is 3. The Balaban J connectivity index is 0.00000167. The number of esters is 1. The molecule has 9 heteroatoms. The van der Waals surface area contributed by atoms with Crippen LogP contribution in [-0.2, 0) is 22.6 Å². The van der Waals surface area contributed by atoms with Gasteiger partial charge in [-0.1, -0.05) is 44.2 Å². The van der Waals surface area contributed by atoms with E-state index < -0.39 is 24.7 Å². The molecule has 0 aliphatic carbocycles. The highest BCUT2D eigenvalue weighted by Gasteiger charge is 2.28. The average molecular weight is 485 g/mol. The molecule has 1 atom stereocenters. The highest BCUT2D eigenvalue weighted by atomic mass is 19.3. The molecule has 2 heterocycles. The number of hydrogen-bond donors (Lipinski definition) is 1. The van der Waals surface area contributed by atoms with Gasteiger partial charge in [0.05, 0.1) is 18.0 Å². The van der Waals surface area contributed by atoms with Gasteiger partial charge in [0.1, 0.15) is 5.69 Å². The Bertz CT molecular complexity index is 1180. The normalized spacial score (nSPS) is 13.3. The monoisotopic (exact) mass is 484 g/mol. The predicted molar refractivity (Wildman–Crippen MR) is 130 cm³/mol. The van der Waals surface area contributed by atoms with Crippen LogP contribution < -0.4 is 5.73 Å². The molecule has 186 valence electrons. The van der Waals surface area contributed by atoms with Crippen LogP contribution in [0, 0.1) is 0 Å². The van der Waals surface area contributed by atoms with Gasteiger partial charge in [-0.3, -0.25) is 9.59 Å². The van der Waals surface area contributed by atoms with Gasteiger partial charge in [0.15, 0.2) is 0 Å². The van der Waals surface area contributed by atoms with E-state index in [4.69, 9.17) is 10.5 Å². The van der Waals surface area contributed by atoms with Crippen LogP contribution in [0.5, 0.6) is 0 Å². The summed E-state index contributed by atoms with van der Waals surface area (Å²) in [5.74, 6) is -1.84. The number of ether oxygens (including phenoxy) is 1. The molecule has 0 saturated heterocycles. The SMILES string of the molecule is CC.CCOC(=O)C(CCC(F)F)c1ccc2nc(N)nc(C(=O)N3Cc4ccccc4C3)c2c1. The molecule has 0 radical (unpaired) electrons. The lowest BCUT2D eigenvalue weighted by Crippen LogP contribution is -2.27. The highest BCUT2D eigenvalue weighted by Crippen LogP contribution is 2.30. The van der Waals surface area contributed by atoms with E-state index in [1.807, 2.05) is 38.1 Å². The Morgan fingerprint density at radius 1 is 1.06 bits per heavy atom. The minimum Gasteiger partial charge on any atom is -0.466 e. The highest BCUT2D eigenvalue weighted by molar-refractivity contribution is 6.05. The smallest absolute Gasteiger partial charge is 0.313 e. The van der Waals surface area contributed by atoms with E-state index in [-0.39, 0.29) is 30.6 Å². The number of anilines is 1. The van der Waals surface area contributed by atoms with E-state index in [9.17, 15) is 18.4 Å². The summed E-state index contributed by atoms with van der Waals surface area (Å²) < 4.78 is 30.9. The molecule has 3 aromatic rings. The zero-order valence-corrected chi connectivity index (χ0v) is 20.1. The molecule has 7 nitrogen and oxygen atoms in total. The van der Waals surface area contributed by atoms with Crippen molar-refractivity contribution in [2.45, 2.75) is 59.0 Å². The molecule has 4 rings (SSSR count). The lowest BCUT2D eigenvalue weighted by atomic mass is 9.92. The van der Waals surface area contributed by atoms with Crippen LogP contribution in [-0.4, -0.2) is 39.8 Å². The second-order valence-electron chi connectivity index (χ2n) is 7.91. The number of nitrogen functional groups attached to an aromatic ring is 1. The second-order valence-corrected chi connectivity index (χ2v) is 7.91. The minimum atomic E-state index is -2.54. The molecule has 2 N–H and O–H groups in total. The molecule has 0 fully saturated rings. The molecule has 1 amide bonds. The van der Waals surface area contributed by atoms with Crippen molar-refractivity contribution in [3.05, 3.63) is 64.8 Å². The quantitative estimate of drug-likeness (QED) is 0.469. The molecule has 35 heavy (non-hydrogen) atoms. The molecule has 0 bridgehead atoms. The van der Waals surface area contributed by atoms with Gasteiger partial charge >= 0.3 is 5.97 Å². The average Bonchev–Trinajstić information content (AvgIpc) is 3.29. The summed E-state index contributed by atoms with van der Waals surface area (Å²) in [6.07, 6.45) is -3.07. The minimum absolute atomic E-state index is 0.0463. The van der Waals surface area contributed by atoms with Crippen molar-refractivity contribution in [3.8, 4) is 0 Å². The molecular formula is C26H30F2N4O3. The van der Waals surface area contributed by atoms with Gasteiger partial charge in [-0.05, 0) is 42.2 Å². The van der Waals surface area contributed by atoms with Gasteiger partial charge in [-0.25, -0.2) is 18.7 Å². The maximum absolute atomic E-state index is 13.4. The van der Waals surface area contributed by atoms with Crippen molar-refractivity contribution in [1.29, 1.82) is 0 Å². The fourth-order valence-corrected chi connectivity index (χ4v) is 4.13. The zero-order valence-electron chi connectivity index (χ0n) is 20.1. The van der Waals surface area contributed by atoms with Crippen molar-refractivity contribution >= 4 is 28.7 Å². The Labute approximate surface area is 203 Å². The van der Waals surface area contributed by atoms with Crippen LogP contribution in [0.15, 0.2) is 42.5 Å². The Morgan fingerprint density at radius 3 is 2.31 bits per heavy atom. The zero-order chi connectivity index (χ0) is 25.5. The van der Waals surface area contributed by atoms with Gasteiger partial charge in [0, 0.05) is 24.9 Å². The number of nitrogens with two attached hydrogens (primary N) is 1. The molecule has 0 saturated carbocycles. The van der Waals surface area contributed by atoms with Crippen molar-refractivity contribution in [2.24, 2.45) is 0 Å². The van der Waals surface area contributed by atoms with Crippen LogP contribution >= 0.6 is 0 Å². The number of fused-ring (bicyclic) bond motifs is 2. The van der Waals surface area contributed by atoms with E-state index in [1.165, 1.54) is 0 Å². The number of carbonyl (C=O) groups excluding carboxylic acids is 2. The van der Waals surface area contributed by atoms with E-state index >= 15 is 0 Å². The lowest BCUT2D eigenvalue weighted by Gasteiger charge is -2.19. The van der Waals surface area contributed by atoms with E-state index in [1.54, 1.807) is 30.0 Å². The lowest BCUT2D eigenvalue weighted by molar-refractivity contribution is -0.145. The van der Waals surface area contributed by atoms with E-state index in [2.05, 4.69) is 9.97 Å². The summed E-state index contributed by atoms with van der Waals surface area (Å²) in [7, 11) is 0. The van der Waals surface area contributed by atoms with Crippen molar-refractivity contribution < 1.29 is 23.1 Å². The second kappa shape index (κ2) is 11.7. The topological polar surface area (TPSA) is 98.4 Å². The van der Waals surface area contributed by atoms with Gasteiger partial charge in [-0.15, -0.1) is 0 Å². The number of carbonyl (C=O) groups is 2. The summed E-state index contributed by atoms with van der Waals surface area (Å²) in [4.78, 5) is 36.0. The summed E-state index contributed by atoms with van der Waals surface area (Å²) in [6.45, 7) is 6.68. The maximum atomic E-state index is 13.4. The van der Waals surface area contributed by atoms with Gasteiger partial charge in [-0.2, -0.15) is 0 Å². The molecular weight excluding hydrogens is 454 g/mol. The summed E-state index contributed by atoms with van der Waals surface area (Å²) >= 11 is 0. The standard InChI is InChI=1S/C24H24F2N4O3.C2H6/c1-2-33-23(32)17(8-10-20(25)26)14-7-9-19-18(11-14)21(29-24(27)28-19)22(31)30-12-15-5-3-4-6-16(15)13-30;1-2/h3-7,9,11,17,20H,2,8,10,12-13H2,1H3,(H2,27,28,29);1-2H3. The third-order valence-electron chi connectivity index (χ3n) is 5.71. The van der Waals surface area contributed by atoms with Crippen molar-refractivity contribution in [1.82, 2.24) is 14.9 Å². The van der Waals surface area contributed by atoms with Gasteiger partial charge < -0.3 is 15.4 Å². The largest absolute Gasteiger partial charge is 0.466 e. The van der Waals surface area contributed by atoms with Crippen molar-refractivity contribution in [3.63, 3.8) is 0 Å². The predicted octanol–water partition coefficient (Wildman–Crippen LogP) is 5.09. The third-order valence-corrected chi connectivity index (χ3v) is 5.71. The maximum Gasteiger partial charge on any atom is 0.313 e. The first-order chi connectivity index (χ1) is 16.9. The molecule has 0 spiro atoms. The number of benzene rings is 2. The van der Waals surface area contributed by atoms with Crippen LogP contribution in [0.25, 0.3) is 10.9 Å². The Hall–Kier alpha value is -3.62. The summed E-state index contributed by atoms with van der Waals surface area (Å²) in [6, 6.07) is 12.6. The summed E-state index contributed by atoms with van der Waals surface area (Å²) in [5, 5.41) is 0.411. The van der Waals surface area contributed by atoms with Crippen LogP contribution in [0.3, 0.4) is 0 Å². The van der Waals surface area contributed by atoms with Crippen LogP contribution in [0.4, 0.5) is 14.7 Å².